The van der Waals surface area contributed by atoms with Crippen molar-refractivity contribution in [2.24, 2.45) is 0 Å². The molecule has 0 aliphatic rings. The molecule has 0 saturated carbocycles. The van der Waals surface area contributed by atoms with E-state index >= 15 is 0 Å². The number of benzene rings is 2. The third kappa shape index (κ3) is 4.86. The van der Waals surface area contributed by atoms with Crippen molar-refractivity contribution in [2.75, 3.05) is 30.9 Å². The van der Waals surface area contributed by atoms with Gasteiger partial charge in [-0.15, -0.1) is 0 Å². The number of hydrogen-bond donors (Lipinski definition) is 2. The molecule has 0 radical (unpaired) electrons. The predicted octanol–water partition coefficient (Wildman–Crippen LogP) is 3.07. The molecule has 0 saturated heterocycles. The first-order valence-electron chi connectivity index (χ1n) is 7.05. The molecule has 0 heterocycles. The van der Waals surface area contributed by atoms with Gasteiger partial charge in [-0.2, -0.15) is 0 Å². The second-order valence-corrected chi connectivity index (χ2v) is 4.81. The van der Waals surface area contributed by atoms with Gasteiger partial charge in [-0.3, -0.25) is 4.79 Å². The molecule has 4 nitrogen and oxygen atoms in total. The van der Waals surface area contributed by atoms with E-state index in [-0.39, 0.29) is 18.1 Å². The van der Waals surface area contributed by atoms with Crippen molar-refractivity contribution in [2.45, 2.75) is 6.42 Å². The number of rotatable bonds is 7. The van der Waals surface area contributed by atoms with Crippen molar-refractivity contribution in [3.05, 3.63) is 59.9 Å². The van der Waals surface area contributed by atoms with Crippen LogP contribution in [0.5, 0.6) is 0 Å². The molecule has 2 N–H and O–H groups in total. The Morgan fingerprint density at radius 3 is 2.45 bits per heavy atom. The molecule has 1 amide bonds. The Balaban J connectivity index is 1.88. The fraction of sp³-hybridized carbons (Fsp3) is 0.235. The van der Waals surface area contributed by atoms with Gasteiger partial charge in [0.2, 0.25) is 5.91 Å². The quantitative estimate of drug-likeness (QED) is 0.773. The van der Waals surface area contributed by atoms with Crippen LogP contribution in [0.25, 0.3) is 0 Å². The van der Waals surface area contributed by atoms with Crippen LogP contribution in [-0.2, 0) is 16.0 Å². The Kier molecular flexibility index (Phi) is 5.91. The normalized spacial score (nSPS) is 10.3. The van der Waals surface area contributed by atoms with Crippen LogP contribution in [-0.4, -0.2) is 26.2 Å². The van der Waals surface area contributed by atoms with E-state index in [0.29, 0.717) is 17.9 Å². The summed E-state index contributed by atoms with van der Waals surface area (Å²) in [5.41, 5.74) is 2.01. The number of halogens is 1. The van der Waals surface area contributed by atoms with Crippen molar-refractivity contribution in [1.29, 1.82) is 0 Å². The summed E-state index contributed by atoms with van der Waals surface area (Å²) in [5.74, 6) is -0.611. The van der Waals surface area contributed by atoms with Gasteiger partial charge in [0.25, 0.3) is 0 Å². The first-order valence-corrected chi connectivity index (χ1v) is 7.05. The number of carbonyl (C=O) groups is 1. The summed E-state index contributed by atoms with van der Waals surface area (Å²) in [6.07, 6.45) is 0.0144. The molecule has 0 unspecified atom stereocenters. The highest BCUT2D eigenvalue weighted by atomic mass is 19.1. The maximum Gasteiger partial charge on any atom is 0.228 e. The average Bonchev–Trinajstić information content (AvgIpc) is 2.51. The maximum atomic E-state index is 13.5. The molecule has 2 aromatic rings. The zero-order valence-electron chi connectivity index (χ0n) is 12.4. The third-order valence-electron chi connectivity index (χ3n) is 3.11. The summed E-state index contributed by atoms with van der Waals surface area (Å²) in [6.45, 7) is 1.34. The topological polar surface area (TPSA) is 50.4 Å². The molecule has 0 spiro atoms. The van der Waals surface area contributed by atoms with Gasteiger partial charge in [0.05, 0.1) is 13.0 Å². The highest BCUT2D eigenvalue weighted by Gasteiger charge is 2.07. The molecule has 2 aromatic carbocycles. The van der Waals surface area contributed by atoms with E-state index in [1.807, 2.05) is 12.1 Å². The summed E-state index contributed by atoms with van der Waals surface area (Å²) in [4.78, 5) is 11.9. The molecule has 2 rings (SSSR count). The monoisotopic (exact) mass is 302 g/mol. The lowest BCUT2D eigenvalue weighted by Gasteiger charge is -2.08. The Morgan fingerprint density at radius 1 is 1.09 bits per heavy atom. The summed E-state index contributed by atoms with van der Waals surface area (Å²) < 4.78 is 18.4. The van der Waals surface area contributed by atoms with E-state index in [1.165, 1.54) is 6.07 Å². The second-order valence-electron chi connectivity index (χ2n) is 4.81. The van der Waals surface area contributed by atoms with Crippen LogP contribution in [0.4, 0.5) is 15.8 Å². The molecule has 0 fully saturated rings. The van der Waals surface area contributed by atoms with Gasteiger partial charge in [0, 0.05) is 25.0 Å². The van der Waals surface area contributed by atoms with Crippen molar-refractivity contribution < 1.29 is 13.9 Å². The van der Waals surface area contributed by atoms with Gasteiger partial charge >= 0.3 is 0 Å². The van der Waals surface area contributed by atoms with E-state index in [4.69, 9.17) is 4.74 Å². The zero-order chi connectivity index (χ0) is 15.8. The highest BCUT2D eigenvalue weighted by molar-refractivity contribution is 5.92. The van der Waals surface area contributed by atoms with Crippen molar-refractivity contribution in [3.63, 3.8) is 0 Å². The van der Waals surface area contributed by atoms with E-state index in [9.17, 15) is 9.18 Å². The van der Waals surface area contributed by atoms with Crippen LogP contribution < -0.4 is 10.6 Å². The molecule has 0 atom stereocenters. The number of amides is 1. The molecule has 0 bridgehead atoms. The minimum atomic E-state index is -0.365. The van der Waals surface area contributed by atoms with E-state index < -0.39 is 0 Å². The van der Waals surface area contributed by atoms with Gasteiger partial charge in [-0.05, 0) is 35.9 Å². The van der Waals surface area contributed by atoms with Crippen molar-refractivity contribution in [3.8, 4) is 0 Å². The van der Waals surface area contributed by atoms with Gasteiger partial charge in [-0.25, -0.2) is 4.39 Å². The van der Waals surface area contributed by atoms with Crippen LogP contribution in [0.15, 0.2) is 48.5 Å². The zero-order valence-corrected chi connectivity index (χ0v) is 12.4. The van der Waals surface area contributed by atoms with Crippen LogP contribution >= 0.6 is 0 Å². The van der Waals surface area contributed by atoms with Gasteiger partial charge < -0.3 is 15.4 Å². The number of nitrogens with one attached hydrogen (secondary N) is 2. The summed E-state index contributed by atoms with van der Waals surface area (Å²) in [5, 5.41) is 5.94. The minimum absolute atomic E-state index is 0.0144. The van der Waals surface area contributed by atoms with Gasteiger partial charge in [0.1, 0.15) is 5.82 Å². The SMILES string of the molecule is COCCNc1ccc(NC(=O)Cc2ccccc2F)cc1. The maximum absolute atomic E-state index is 13.5. The first kappa shape index (κ1) is 16.0. The van der Waals surface area contributed by atoms with Crippen LogP contribution in [0.2, 0.25) is 0 Å². The third-order valence-corrected chi connectivity index (χ3v) is 3.11. The largest absolute Gasteiger partial charge is 0.383 e. The average molecular weight is 302 g/mol. The van der Waals surface area contributed by atoms with Crippen molar-refractivity contribution >= 4 is 17.3 Å². The molecule has 0 aromatic heterocycles. The molecular formula is C17H19FN2O2. The predicted molar refractivity (Wildman–Crippen MR) is 85.5 cm³/mol. The molecule has 116 valence electrons. The molecule has 0 aliphatic carbocycles. The van der Waals surface area contributed by atoms with Crippen LogP contribution in [0.3, 0.4) is 0 Å². The number of anilines is 2. The molecular weight excluding hydrogens is 283 g/mol. The highest BCUT2D eigenvalue weighted by Crippen LogP contribution is 2.14. The van der Waals surface area contributed by atoms with E-state index in [1.54, 1.807) is 37.4 Å². The van der Waals surface area contributed by atoms with Gasteiger partial charge in [0.15, 0.2) is 0 Å². The second kappa shape index (κ2) is 8.14. The Hall–Kier alpha value is -2.40. The standard InChI is InChI=1S/C17H19FN2O2/c1-22-11-10-19-14-6-8-15(9-7-14)20-17(21)12-13-4-2-3-5-16(13)18/h2-9,19H,10-12H2,1H3,(H,20,21). The van der Waals surface area contributed by atoms with Crippen LogP contribution in [0, 0.1) is 5.82 Å². The number of hydrogen-bond acceptors (Lipinski definition) is 3. The lowest BCUT2D eigenvalue weighted by atomic mass is 10.1. The van der Waals surface area contributed by atoms with E-state index in [2.05, 4.69) is 10.6 Å². The van der Waals surface area contributed by atoms with Crippen molar-refractivity contribution in [1.82, 2.24) is 0 Å². The fourth-order valence-electron chi connectivity index (χ4n) is 1.99. The lowest BCUT2D eigenvalue weighted by molar-refractivity contribution is -0.115. The van der Waals surface area contributed by atoms with Crippen LogP contribution in [0.1, 0.15) is 5.56 Å². The van der Waals surface area contributed by atoms with Gasteiger partial charge in [-0.1, -0.05) is 18.2 Å². The number of carbonyl (C=O) groups excluding carboxylic acids is 1. The number of ether oxygens (including phenoxy) is 1. The fourth-order valence-corrected chi connectivity index (χ4v) is 1.99. The Bertz CT molecular complexity index is 614. The smallest absolute Gasteiger partial charge is 0.228 e. The number of methoxy groups -OCH3 is 1. The summed E-state index contributed by atoms with van der Waals surface area (Å²) in [6, 6.07) is 13.6. The van der Waals surface area contributed by atoms with E-state index in [0.717, 1.165) is 12.2 Å². The lowest BCUT2D eigenvalue weighted by Crippen LogP contribution is -2.15. The molecule has 5 heteroatoms. The summed E-state index contributed by atoms with van der Waals surface area (Å²) in [7, 11) is 1.65. The Morgan fingerprint density at radius 2 is 1.77 bits per heavy atom. The molecule has 22 heavy (non-hydrogen) atoms. The summed E-state index contributed by atoms with van der Waals surface area (Å²) >= 11 is 0. The Labute approximate surface area is 129 Å². The molecule has 0 aliphatic heterocycles. The first-order chi connectivity index (χ1) is 10.7. The minimum Gasteiger partial charge on any atom is -0.383 e.